The molecule has 0 aliphatic rings. The van der Waals surface area contributed by atoms with Crippen molar-refractivity contribution in [3.63, 3.8) is 0 Å². The lowest BCUT2D eigenvalue weighted by atomic mass is 10.1. The van der Waals surface area contributed by atoms with E-state index in [1.165, 1.54) is 0 Å². The second-order valence-electron chi connectivity index (χ2n) is 5.43. The molecule has 1 aromatic rings. The summed E-state index contributed by atoms with van der Waals surface area (Å²) in [5.74, 6) is 1.43. The molecule has 0 fully saturated rings. The maximum Gasteiger partial charge on any atom is 0.138 e. The SMILES string of the molecule is CCN(CC)CCC(O)Cc1ncnn1CC(C)C. The van der Waals surface area contributed by atoms with Crippen LogP contribution in [0.1, 0.15) is 39.9 Å². The number of hydrogen-bond donors (Lipinski definition) is 1. The van der Waals surface area contributed by atoms with Crippen LogP contribution in [0.4, 0.5) is 0 Å². The van der Waals surface area contributed by atoms with Crippen molar-refractivity contribution in [3.8, 4) is 0 Å². The minimum atomic E-state index is -0.337. The largest absolute Gasteiger partial charge is 0.393 e. The summed E-state index contributed by atoms with van der Waals surface area (Å²) in [4.78, 5) is 6.58. The molecule has 1 unspecified atom stereocenters. The summed E-state index contributed by atoms with van der Waals surface area (Å²) in [6.45, 7) is 12.5. The molecular formula is C14H28N4O. The van der Waals surface area contributed by atoms with Crippen LogP contribution >= 0.6 is 0 Å². The zero-order chi connectivity index (χ0) is 14.3. The van der Waals surface area contributed by atoms with E-state index < -0.39 is 0 Å². The van der Waals surface area contributed by atoms with Crippen LogP contribution in [0.15, 0.2) is 6.33 Å². The van der Waals surface area contributed by atoms with Gasteiger partial charge in [-0.25, -0.2) is 9.67 Å². The van der Waals surface area contributed by atoms with Gasteiger partial charge in [0.1, 0.15) is 12.2 Å². The first-order valence-corrected chi connectivity index (χ1v) is 7.33. The van der Waals surface area contributed by atoms with Gasteiger partial charge in [-0.05, 0) is 25.4 Å². The standard InChI is InChI=1S/C14H28N4O/c1-5-17(6-2)8-7-13(19)9-14-15-11-16-18(14)10-12(3)4/h11-13,19H,5-10H2,1-4H3. The molecule has 0 saturated heterocycles. The van der Waals surface area contributed by atoms with Crippen LogP contribution in [-0.4, -0.2) is 50.5 Å². The first kappa shape index (κ1) is 16.1. The molecule has 5 nitrogen and oxygen atoms in total. The van der Waals surface area contributed by atoms with Gasteiger partial charge in [0.05, 0.1) is 6.10 Å². The predicted octanol–water partition coefficient (Wildman–Crippen LogP) is 1.57. The van der Waals surface area contributed by atoms with Crippen molar-refractivity contribution in [1.29, 1.82) is 0 Å². The maximum atomic E-state index is 10.1. The summed E-state index contributed by atoms with van der Waals surface area (Å²) in [5, 5.41) is 14.3. The molecule has 0 aliphatic carbocycles. The fraction of sp³-hybridized carbons (Fsp3) is 0.857. The summed E-state index contributed by atoms with van der Waals surface area (Å²) in [6.07, 6.45) is 2.62. The van der Waals surface area contributed by atoms with Gasteiger partial charge in [-0.2, -0.15) is 5.10 Å². The van der Waals surface area contributed by atoms with E-state index in [2.05, 4.69) is 42.7 Å². The van der Waals surface area contributed by atoms with Gasteiger partial charge in [0.15, 0.2) is 0 Å². The molecule has 19 heavy (non-hydrogen) atoms. The number of aliphatic hydroxyl groups excluding tert-OH is 1. The Bertz CT molecular complexity index is 347. The van der Waals surface area contributed by atoms with Crippen molar-refractivity contribution in [2.75, 3.05) is 19.6 Å². The van der Waals surface area contributed by atoms with Crippen LogP contribution in [0.3, 0.4) is 0 Å². The lowest BCUT2D eigenvalue weighted by Gasteiger charge is -2.20. The molecule has 0 saturated carbocycles. The van der Waals surface area contributed by atoms with Crippen LogP contribution in [0.2, 0.25) is 0 Å². The highest BCUT2D eigenvalue weighted by molar-refractivity contribution is 4.88. The lowest BCUT2D eigenvalue weighted by Crippen LogP contribution is -2.28. The molecular weight excluding hydrogens is 240 g/mol. The molecule has 5 heteroatoms. The third kappa shape index (κ3) is 5.70. The number of aliphatic hydroxyl groups is 1. The molecule has 110 valence electrons. The van der Waals surface area contributed by atoms with Crippen molar-refractivity contribution < 1.29 is 5.11 Å². The van der Waals surface area contributed by atoms with E-state index in [4.69, 9.17) is 0 Å². The van der Waals surface area contributed by atoms with Gasteiger partial charge in [0.2, 0.25) is 0 Å². The summed E-state index contributed by atoms with van der Waals surface area (Å²) in [5.41, 5.74) is 0. The molecule has 0 aliphatic heterocycles. The van der Waals surface area contributed by atoms with Gasteiger partial charge < -0.3 is 10.0 Å². The highest BCUT2D eigenvalue weighted by Gasteiger charge is 2.13. The Kier molecular flexibility index (Phi) is 7.02. The van der Waals surface area contributed by atoms with E-state index in [1.807, 2.05) is 4.68 Å². The summed E-state index contributed by atoms with van der Waals surface area (Å²) >= 11 is 0. The molecule has 1 rings (SSSR count). The molecule has 1 aromatic heterocycles. The molecule has 0 bridgehead atoms. The molecule has 1 N–H and O–H groups in total. The van der Waals surface area contributed by atoms with Crippen molar-refractivity contribution in [1.82, 2.24) is 19.7 Å². The Balaban J connectivity index is 2.43. The first-order valence-electron chi connectivity index (χ1n) is 7.33. The van der Waals surface area contributed by atoms with Crippen LogP contribution in [0.5, 0.6) is 0 Å². The van der Waals surface area contributed by atoms with Gasteiger partial charge in [-0.3, -0.25) is 0 Å². The maximum absolute atomic E-state index is 10.1. The molecule has 0 spiro atoms. The highest BCUT2D eigenvalue weighted by atomic mass is 16.3. The van der Waals surface area contributed by atoms with Gasteiger partial charge in [-0.1, -0.05) is 27.7 Å². The average molecular weight is 268 g/mol. The fourth-order valence-electron chi connectivity index (χ4n) is 2.13. The third-order valence-corrected chi connectivity index (χ3v) is 3.32. The van der Waals surface area contributed by atoms with E-state index in [0.29, 0.717) is 12.3 Å². The third-order valence-electron chi connectivity index (χ3n) is 3.32. The van der Waals surface area contributed by atoms with Gasteiger partial charge in [-0.15, -0.1) is 0 Å². The van der Waals surface area contributed by atoms with E-state index in [1.54, 1.807) is 6.33 Å². The number of rotatable bonds is 9. The summed E-state index contributed by atoms with van der Waals surface area (Å²) in [6, 6.07) is 0. The van der Waals surface area contributed by atoms with Gasteiger partial charge in [0, 0.05) is 19.5 Å². The van der Waals surface area contributed by atoms with E-state index in [9.17, 15) is 5.11 Å². The van der Waals surface area contributed by atoms with E-state index in [-0.39, 0.29) is 6.10 Å². The summed E-state index contributed by atoms with van der Waals surface area (Å²) < 4.78 is 1.91. The Morgan fingerprint density at radius 1 is 1.32 bits per heavy atom. The van der Waals surface area contributed by atoms with Crippen LogP contribution in [0, 0.1) is 5.92 Å². The Morgan fingerprint density at radius 2 is 2.00 bits per heavy atom. The Labute approximate surface area is 116 Å². The highest BCUT2D eigenvalue weighted by Crippen LogP contribution is 2.06. The zero-order valence-electron chi connectivity index (χ0n) is 12.7. The average Bonchev–Trinajstić information content (AvgIpc) is 2.77. The van der Waals surface area contributed by atoms with Crippen LogP contribution < -0.4 is 0 Å². The van der Waals surface area contributed by atoms with Crippen molar-refractivity contribution in [2.45, 2.75) is 53.2 Å². The van der Waals surface area contributed by atoms with Crippen molar-refractivity contribution in [3.05, 3.63) is 12.2 Å². The second-order valence-corrected chi connectivity index (χ2v) is 5.43. The molecule has 0 amide bonds. The molecule has 1 atom stereocenters. The zero-order valence-corrected chi connectivity index (χ0v) is 12.7. The quantitative estimate of drug-likeness (QED) is 0.738. The lowest BCUT2D eigenvalue weighted by molar-refractivity contribution is 0.140. The number of nitrogens with zero attached hydrogens (tertiary/aromatic N) is 4. The molecule has 1 heterocycles. The predicted molar refractivity (Wildman–Crippen MR) is 77.0 cm³/mol. The van der Waals surface area contributed by atoms with Crippen molar-refractivity contribution >= 4 is 0 Å². The monoisotopic (exact) mass is 268 g/mol. The van der Waals surface area contributed by atoms with Gasteiger partial charge >= 0.3 is 0 Å². The Hall–Kier alpha value is -0.940. The smallest absolute Gasteiger partial charge is 0.138 e. The fourth-order valence-corrected chi connectivity index (χ4v) is 2.13. The minimum Gasteiger partial charge on any atom is -0.393 e. The summed E-state index contributed by atoms with van der Waals surface area (Å²) in [7, 11) is 0. The molecule has 0 aromatic carbocycles. The van der Waals surface area contributed by atoms with Crippen LogP contribution in [-0.2, 0) is 13.0 Å². The molecule has 0 radical (unpaired) electrons. The topological polar surface area (TPSA) is 54.2 Å². The van der Waals surface area contributed by atoms with Crippen molar-refractivity contribution in [2.24, 2.45) is 5.92 Å². The van der Waals surface area contributed by atoms with Crippen LogP contribution in [0.25, 0.3) is 0 Å². The minimum absolute atomic E-state index is 0.337. The second kappa shape index (κ2) is 8.27. The number of hydrogen-bond acceptors (Lipinski definition) is 4. The normalized spacial score (nSPS) is 13.4. The van der Waals surface area contributed by atoms with E-state index in [0.717, 1.165) is 38.4 Å². The number of aromatic nitrogens is 3. The van der Waals surface area contributed by atoms with Gasteiger partial charge in [0.25, 0.3) is 0 Å². The van der Waals surface area contributed by atoms with E-state index >= 15 is 0 Å². The Morgan fingerprint density at radius 3 is 2.58 bits per heavy atom. The first-order chi connectivity index (χ1) is 9.06.